The van der Waals surface area contributed by atoms with Crippen LogP contribution < -0.4 is 5.56 Å². The van der Waals surface area contributed by atoms with Gasteiger partial charge in [0.1, 0.15) is 5.82 Å². The van der Waals surface area contributed by atoms with E-state index in [4.69, 9.17) is 16.6 Å². The topological polar surface area (TPSA) is 52.7 Å². The summed E-state index contributed by atoms with van der Waals surface area (Å²) >= 11 is 6.01. The fourth-order valence-electron chi connectivity index (χ4n) is 3.02. The lowest BCUT2D eigenvalue weighted by Gasteiger charge is -2.13. The van der Waals surface area contributed by atoms with E-state index in [2.05, 4.69) is 4.98 Å². The molecule has 0 radical (unpaired) electrons. The Morgan fingerprint density at radius 1 is 1.04 bits per heavy atom. The highest BCUT2D eigenvalue weighted by Gasteiger charge is 2.16. The first-order valence-corrected chi connectivity index (χ1v) is 8.82. The standard InChI is InChI=1S/C20H17ClN4O/c1-2-24-13-22-18-19(24)23-17(12-14-6-4-3-5-7-14)25(20(18)26)16-10-8-15(21)9-11-16/h3-11,13H,2,12H2,1H3. The van der Waals surface area contributed by atoms with Gasteiger partial charge in [-0.05, 0) is 36.8 Å². The van der Waals surface area contributed by atoms with E-state index in [-0.39, 0.29) is 5.56 Å². The van der Waals surface area contributed by atoms with Crippen molar-refractivity contribution < 1.29 is 0 Å². The van der Waals surface area contributed by atoms with Crippen molar-refractivity contribution in [2.75, 3.05) is 0 Å². The van der Waals surface area contributed by atoms with Gasteiger partial charge in [-0.25, -0.2) is 9.97 Å². The summed E-state index contributed by atoms with van der Waals surface area (Å²) in [5.41, 5.74) is 2.64. The van der Waals surface area contributed by atoms with E-state index in [1.165, 1.54) is 0 Å². The molecule has 0 fully saturated rings. The maximum atomic E-state index is 13.2. The average molecular weight is 365 g/mol. The summed E-state index contributed by atoms with van der Waals surface area (Å²) in [6, 6.07) is 17.2. The third kappa shape index (κ3) is 2.91. The Balaban J connectivity index is 1.97. The summed E-state index contributed by atoms with van der Waals surface area (Å²) < 4.78 is 3.51. The van der Waals surface area contributed by atoms with Crippen LogP contribution in [0.4, 0.5) is 0 Å². The van der Waals surface area contributed by atoms with Gasteiger partial charge in [-0.3, -0.25) is 9.36 Å². The molecule has 4 rings (SSSR count). The van der Waals surface area contributed by atoms with Gasteiger partial charge < -0.3 is 4.57 Å². The second-order valence-corrected chi connectivity index (χ2v) is 6.45. The second kappa shape index (κ2) is 6.77. The van der Waals surface area contributed by atoms with Crippen molar-refractivity contribution in [3.63, 3.8) is 0 Å². The third-order valence-corrected chi connectivity index (χ3v) is 4.59. The quantitative estimate of drug-likeness (QED) is 0.552. The molecule has 0 atom stereocenters. The molecule has 2 heterocycles. The summed E-state index contributed by atoms with van der Waals surface area (Å²) in [5.74, 6) is 0.672. The molecule has 0 aliphatic heterocycles. The van der Waals surface area contributed by atoms with Crippen LogP contribution in [0, 0.1) is 0 Å². The SMILES string of the molecule is CCn1cnc2c(=O)n(-c3ccc(Cl)cc3)c(Cc3ccccc3)nc21. The Labute approximate surface area is 155 Å². The zero-order valence-corrected chi connectivity index (χ0v) is 15.0. The van der Waals surface area contributed by atoms with Crippen molar-refractivity contribution in [1.82, 2.24) is 19.1 Å². The summed E-state index contributed by atoms with van der Waals surface area (Å²) in [7, 11) is 0. The van der Waals surface area contributed by atoms with Crippen LogP contribution in [0.5, 0.6) is 0 Å². The van der Waals surface area contributed by atoms with Crippen LogP contribution in [-0.4, -0.2) is 19.1 Å². The van der Waals surface area contributed by atoms with Crippen LogP contribution in [0.1, 0.15) is 18.3 Å². The van der Waals surface area contributed by atoms with Crippen LogP contribution in [-0.2, 0) is 13.0 Å². The molecule has 0 aliphatic carbocycles. The smallest absolute Gasteiger partial charge is 0.286 e. The fourth-order valence-corrected chi connectivity index (χ4v) is 3.15. The van der Waals surface area contributed by atoms with Gasteiger partial charge >= 0.3 is 0 Å². The number of halogens is 1. The zero-order chi connectivity index (χ0) is 18.1. The number of fused-ring (bicyclic) bond motifs is 1. The Morgan fingerprint density at radius 2 is 1.77 bits per heavy atom. The minimum Gasteiger partial charge on any atom is -0.315 e. The first kappa shape index (κ1) is 16.5. The van der Waals surface area contributed by atoms with Crippen molar-refractivity contribution >= 4 is 22.8 Å². The molecule has 0 saturated heterocycles. The number of hydrogen-bond donors (Lipinski definition) is 0. The highest BCUT2D eigenvalue weighted by molar-refractivity contribution is 6.30. The molecule has 0 aliphatic rings. The van der Waals surface area contributed by atoms with Gasteiger partial charge in [-0.1, -0.05) is 41.9 Å². The number of imidazole rings is 1. The van der Waals surface area contributed by atoms with Gasteiger partial charge in [0.15, 0.2) is 11.2 Å². The molecule has 2 aromatic carbocycles. The number of hydrogen-bond acceptors (Lipinski definition) is 3. The Hall–Kier alpha value is -2.92. The average Bonchev–Trinajstić information content (AvgIpc) is 3.07. The van der Waals surface area contributed by atoms with Gasteiger partial charge in [0.25, 0.3) is 5.56 Å². The number of nitrogens with zero attached hydrogens (tertiary/aromatic N) is 4. The van der Waals surface area contributed by atoms with Gasteiger partial charge in [-0.2, -0.15) is 0 Å². The van der Waals surface area contributed by atoms with Crippen molar-refractivity contribution in [3.8, 4) is 5.69 Å². The largest absolute Gasteiger partial charge is 0.315 e. The molecular formula is C20H17ClN4O. The molecule has 4 aromatic rings. The highest BCUT2D eigenvalue weighted by Crippen LogP contribution is 2.17. The van der Waals surface area contributed by atoms with E-state index in [9.17, 15) is 4.79 Å². The molecule has 0 amide bonds. The maximum Gasteiger partial charge on any atom is 0.286 e. The third-order valence-electron chi connectivity index (χ3n) is 4.34. The van der Waals surface area contributed by atoms with Gasteiger partial charge in [0.2, 0.25) is 0 Å². The van der Waals surface area contributed by atoms with Gasteiger partial charge in [0, 0.05) is 18.0 Å². The molecule has 0 unspecified atom stereocenters. The summed E-state index contributed by atoms with van der Waals surface area (Å²) in [4.78, 5) is 22.2. The molecule has 0 spiro atoms. The summed E-state index contributed by atoms with van der Waals surface area (Å²) in [6.07, 6.45) is 2.21. The zero-order valence-electron chi connectivity index (χ0n) is 14.3. The van der Waals surface area contributed by atoms with Crippen LogP contribution in [0.25, 0.3) is 16.9 Å². The Kier molecular flexibility index (Phi) is 4.31. The first-order valence-electron chi connectivity index (χ1n) is 8.44. The lowest BCUT2D eigenvalue weighted by Crippen LogP contribution is -2.24. The minimum absolute atomic E-state index is 0.171. The van der Waals surface area contributed by atoms with E-state index >= 15 is 0 Å². The predicted molar refractivity (Wildman–Crippen MR) is 103 cm³/mol. The molecule has 26 heavy (non-hydrogen) atoms. The minimum atomic E-state index is -0.171. The van der Waals surface area contributed by atoms with Crippen LogP contribution in [0.2, 0.25) is 5.02 Å². The van der Waals surface area contributed by atoms with Gasteiger partial charge in [0.05, 0.1) is 12.0 Å². The first-order chi connectivity index (χ1) is 12.7. The lowest BCUT2D eigenvalue weighted by molar-refractivity contribution is 0.765. The Bertz CT molecular complexity index is 1110. The van der Waals surface area contributed by atoms with E-state index in [1.54, 1.807) is 23.0 Å². The fraction of sp³-hybridized carbons (Fsp3) is 0.150. The van der Waals surface area contributed by atoms with E-state index in [1.807, 2.05) is 54.0 Å². The van der Waals surface area contributed by atoms with E-state index < -0.39 is 0 Å². The Morgan fingerprint density at radius 3 is 2.46 bits per heavy atom. The molecule has 0 N–H and O–H groups in total. The molecule has 5 nitrogen and oxygen atoms in total. The summed E-state index contributed by atoms with van der Waals surface area (Å²) in [5, 5.41) is 0.621. The van der Waals surface area contributed by atoms with E-state index in [0.717, 1.165) is 11.3 Å². The monoisotopic (exact) mass is 364 g/mol. The number of rotatable bonds is 4. The second-order valence-electron chi connectivity index (χ2n) is 6.01. The molecule has 0 bridgehead atoms. The number of aromatic nitrogens is 4. The normalized spacial score (nSPS) is 11.2. The molecule has 130 valence electrons. The number of benzene rings is 2. The highest BCUT2D eigenvalue weighted by atomic mass is 35.5. The van der Waals surface area contributed by atoms with Crippen LogP contribution in [0.3, 0.4) is 0 Å². The van der Waals surface area contributed by atoms with Crippen LogP contribution in [0.15, 0.2) is 65.7 Å². The molecular weight excluding hydrogens is 348 g/mol. The molecule has 2 aromatic heterocycles. The summed E-state index contributed by atoms with van der Waals surface area (Å²) in [6.45, 7) is 2.71. The van der Waals surface area contributed by atoms with Gasteiger partial charge in [-0.15, -0.1) is 0 Å². The van der Waals surface area contributed by atoms with Crippen molar-refractivity contribution in [2.45, 2.75) is 19.9 Å². The van der Waals surface area contributed by atoms with Crippen LogP contribution >= 0.6 is 11.6 Å². The lowest BCUT2D eigenvalue weighted by atomic mass is 10.1. The molecule has 0 saturated carbocycles. The number of aryl methyl sites for hydroxylation is 1. The van der Waals surface area contributed by atoms with Crippen molar-refractivity contribution in [2.24, 2.45) is 0 Å². The predicted octanol–water partition coefficient (Wildman–Crippen LogP) is 3.85. The van der Waals surface area contributed by atoms with E-state index in [0.29, 0.717) is 35.0 Å². The molecule has 6 heteroatoms. The van der Waals surface area contributed by atoms with Crippen molar-refractivity contribution in [1.29, 1.82) is 0 Å². The maximum absolute atomic E-state index is 13.2. The van der Waals surface area contributed by atoms with Crippen molar-refractivity contribution in [3.05, 3.63) is 87.7 Å².